The lowest BCUT2D eigenvalue weighted by Gasteiger charge is -2.13. The van der Waals surface area contributed by atoms with Gasteiger partial charge in [0.05, 0.1) is 7.11 Å². The van der Waals surface area contributed by atoms with Crippen LogP contribution in [0.3, 0.4) is 0 Å². The van der Waals surface area contributed by atoms with Crippen LogP contribution in [0.1, 0.15) is 21.5 Å². The van der Waals surface area contributed by atoms with Crippen molar-refractivity contribution in [3.8, 4) is 5.88 Å². The van der Waals surface area contributed by atoms with Crippen molar-refractivity contribution in [2.45, 2.75) is 13.1 Å². The van der Waals surface area contributed by atoms with Crippen LogP contribution in [0.2, 0.25) is 0 Å². The Labute approximate surface area is 177 Å². The molecule has 0 fully saturated rings. The number of nitrogens with one attached hydrogen (secondary N) is 2. The van der Waals surface area contributed by atoms with Crippen molar-refractivity contribution in [1.82, 2.24) is 20.5 Å². The van der Waals surface area contributed by atoms with Gasteiger partial charge in [-0.25, -0.2) is 4.98 Å². The number of ether oxygens (including phenoxy) is 1. The summed E-state index contributed by atoms with van der Waals surface area (Å²) in [5.41, 5.74) is 2.77. The molecule has 0 bridgehead atoms. The van der Waals surface area contributed by atoms with Gasteiger partial charge in [0.1, 0.15) is 0 Å². The van der Waals surface area contributed by atoms with Crippen LogP contribution < -0.4 is 15.4 Å². The summed E-state index contributed by atoms with van der Waals surface area (Å²) in [4.78, 5) is 21.8. The van der Waals surface area contributed by atoms with Gasteiger partial charge in [0.15, 0.2) is 5.96 Å². The molecular formula is C19H26IN5O2. The van der Waals surface area contributed by atoms with Gasteiger partial charge in [0.2, 0.25) is 5.88 Å². The third-order valence-corrected chi connectivity index (χ3v) is 3.76. The van der Waals surface area contributed by atoms with Gasteiger partial charge < -0.3 is 20.3 Å². The van der Waals surface area contributed by atoms with Gasteiger partial charge in [-0.15, -0.1) is 24.0 Å². The summed E-state index contributed by atoms with van der Waals surface area (Å²) in [6, 6.07) is 11.3. The SMILES string of the molecule is CN=C(NCc1ccc(C(=O)N(C)C)cc1)NCc1ccc(OC)nc1.I. The van der Waals surface area contributed by atoms with Gasteiger partial charge in [-0.05, 0) is 23.3 Å². The van der Waals surface area contributed by atoms with E-state index in [1.807, 2.05) is 36.4 Å². The Morgan fingerprint density at radius 2 is 1.67 bits per heavy atom. The second-order valence-corrected chi connectivity index (χ2v) is 5.88. The maximum Gasteiger partial charge on any atom is 0.253 e. The minimum atomic E-state index is -0.00455. The van der Waals surface area contributed by atoms with Crippen molar-refractivity contribution in [3.05, 3.63) is 59.3 Å². The van der Waals surface area contributed by atoms with Crippen LogP contribution >= 0.6 is 24.0 Å². The smallest absolute Gasteiger partial charge is 0.253 e. The molecule has 27 heavy (non-hydrogen) atoms. The monoisotopic (exact) mass is 483 g/mol. The fourth-order valence-corrected chi connectivity index (χ4v) is 2.25. The van der Waals surface area contributed by atoms with Gasteiger partial charge >= 0.3 is 0 Å². The predicted molar refractivity (Wildman–Crippen MR) is 118 cm³/mol. The van der Waals surface area contributed by atoms with Crippen molar-refractivity contribution in [2.24, 2.45) is 4.99 Å². The summed E-state index contributed by atoms with van der Waals surface area (Å²) < 4.78 is 5.05. The molecule has 0 aliphatic heterocycles. The lowest BCUT2D eigenvalue weighted by Crippen LogP contribution is -2.36. The minimum Gasteiger partial charge on any atom is -0.481 e. The molecule has 1 aromatic heterocycles. The number of rotatable bonds is 6. The highest BCUT2D eigenvalue weighted by Crippen LogP contribution is 2.07. The Bertz CT molecular complexity index is 746. The zero-order chi connectivity index (χ0) is 18.9. The summed E-state index contributed by atoms with van der Waals surface area (Å²) in [6.07, 6.45) is 1.76. The maximum absolute atomic E-state index is 11.9. The van der Waals surface area contributed by atoms with Crippen molar-refractivity contribution in [1.29, 1.82) is 0 Å². The molecule has 0 saturated carbocycles. The van der Waals surface area contributed by atoms with Crippen molar-refractivity contribution in [3.63, 3.8) is 0 Å². The average molecular weight is 483 g/mol. The first-order chi connectivity index (χ1) is 12.5. The molecule has 2 N–H and O–H groups in total. The van der Waals surface area contributed by atoms with Crippen LogP contribution in [0.5, 0.6) is 5.88 Å². The normalized spacial score (nSPS) is 10.6. The van der Waals surface area contributed by atoms with E-state index in [2.05, 4.69) is 20.6 Å². The van der Waals surface area contributed by atoms with Gasteiger partial charge in [0, 0.05) is 52.1 Å². The number of carbonyl (C=O) groups is 1. The number of aliphatic imine (C=N–C) groups is 1. The summed E-state index contributed by atoms with van der Waals surface area (Å²) in [7, 11) is 6.80. The number of methoxy groups -OCH3 is 1. The van der Waals surface area contributed by atoms with E-state index in [1.165, 1.54) is 0 Å². The Kier molecular flexibility index (Phi) is 9.55. The average Bonchev–Trinajstić information content (AvgIpc) is 2.68. The molecule has 1 amide bonds. The van der Waals surface area contributed by atoms with Crippen molar-refractivity contribution >= 4 is 35.8 Å². The van der Waals surface area contributed by atoms with Crippen LogP contribution in [0, 0.1) is 0 Å². The maximum atomic E-state index is 11.9. The topological polar surface area (TPSA) is 78.9 Å². The lowest BCUT2D eigenvalue weighted by molar-refractivity contribution is 0.0827. The molecule has 146 valence electrons. The molecule has 0 spiro atoms. The molecule has 1 aromatic carbocycles. The van der Waals surface area contributed by atoms with E-state index in [4.69, 9.17) is 4.74 Å². The molecule has 0 atom stereocenters. The molecule has 8 heteroatoms. The third-order valence-electron chi connectivity index (χ3n) is 3.76. The molecule has 0 radical (unpaired) electrons. The quantitative estimate of drug-likeness (QED) is 0.375. The molecular weight excluding hydrogens is 457 g/mol. The Morgan fingerprint density at radius 1 is 1.07 bits per heavy atom. The first-order valence-electron chi connectivity index (χ1n) is 8.27. The van der Waals surface area contributed by atoms with Crippen molar-refractivity contribution < 1.29 is 9.53 Å². The molecule has 1 heterocycles. The van der Waals surface area contributed by atoms with Gasteiger partial charge in [-0.2, -0.15) is 0 Å². The molecule has 0 saturated heterocycles. The second-order valence-electron chi connectivity index (χ2n) is 5.88. The molecule has 7 nitrogen and oxygen atoms in total. The lowest BCUT2D eigenvalue weighted by atomic mass is 10.1. The first kappa shape index (κ1) is 22.7. The van der Waals surface area contributed by atoms with Gasteiger partial charge in [-0.3, -0.25) is 9.79 Å². The summed E-state index contributed by atoms with van der Waals surface area (Å²) >= 11 is 0. The summed E-state index contributed by atoms with van der Waals surface area (Å²) in [6.45, 7) is 1.21. The number of benzene rings is 1. The zero-order valence-corrected chi connectivity index (χ0v) is 18.4. The van der Waals surface area contributed by atoms with E-state index >= 15 is 0 Å². The molecule has 0 aliphatic carbocycles. The number of hydrogen-bond acceptors (Lipinski definition) is 4. The highest BCUT2D eigenvalue weighted by Gasteiger charge is 2.07. The van der Waals surface area contributed by atoms with Crippen LogP contribution in [0.25, 0.3) is 0 Å². The molecule has 2 rings (SSSR count). The Hall–Kier alpha value is -2.36. The number of guanidine groups is 1. The fraction of sp³-hybridized carbons (Fsp3) is 0.316. The number of nitrogens with zero attached hydrogens (tertiary/aromatic N) is 3. The summed E-state index contributed by atoms with van der Waals surface area (Å²) in [5, 5.41) is 6.48. The fourth-order valence-electron chi connectivity index (χ4n) is 2.25. The van der Waals surface area contributed by atoms with Gasteiger partial charge in [-0.1, -0.05) is 18.2 Å². The van der Waals surface area contributed by atoms with E-state index in [0.29, 0.717) is 30.5 Å². The Balaban J connectivity index is 0.00000364. The van der Waals surface area contributed by atoms with E-state index in [1.54, 1.807) is 39.3 Å². The van der Waals surface area contributed by atoms with Crippen LogP contribution in [-0.4, -0.2) is 50.0 Å². The number of pyridine rings is 1. The predicted octanol–water partition coefficient (Wildman–Crippen LogP) is 2.28. The van der Waals surface area contributed by atoms with E-state index in [-0.39, 0.29) is 29.9 Å². The van der Waals surface area contributed by atoms with Crippen LogP contribution in [0.15, 0.2) is 47.6 Å². The third kappa shape index (κ3) is 7.05. The van der Waals surface area contributed by atoms with Crippen LogP contribution in [-0.2, 0) is 13.1 Å². The highest BCUT2D eigenvalue weighted by atomic mass is 127. The number of hydrogen-bond donors (Lipinski definition) is 2. The largest absolute Gasteiger partial charge is 0.481 e. The highest BCUT2D eigenvalue weighted by molar-refractivity contribution is 14.0. The van der Waals surface area contributed by atoms with E-state index in [0.717, 1.165) is 11.1 Å². The second kappa shape index (κ2) is 11.4. The zero-order valence-electron chi connectivity index (χ0n) is 16.0. The van der Waals surface area contributed by atoms with Crippen molar-refractivity contribution in [2.75, 3.05) is 28.3 Å². The standard InChI is InChI=1S/C19H25N5O2.HI/c1-20-19(23-13-15-7-10-17(26-4)21-12-15)22-11-14-5-8-16(9-6-14)18(25)24(2)3;/h5-10,12H,11,13H2,1-4H3,(H2,20,22,23);1H. The number of carbonyl (C=O) groups excluding carboxylic acids is 1. The minimum absolute atomic E-state index is 0. The number of amides is 1. The van der Waals surface area contributed by atoms with E-state index < -0.39 is 0 Å². The molecule has 0 aliphatic rings. The first-order valence-corrected chi connectivity index (χ1v) is 8.27. The van der Waals surface area contributed by atoms with Gasteiger partial charge in [0.25, 0.3) is 5.91 Å². The summed E-state index contributed by atoms with van der Waals surface area (Å²) in [5.74, 6) is 1.27. The molecule has 0 unspecified atom stereocenters. The number of halogens is 1. The number of aromatic nitrogens is 1. The van der Waals surface area contributed by atoms with E-state index in [9.17, 15) is 4.79 Å². The Morgan fingerprint density at radius 3 is 2.15 bits per heavy atom. The molecule has 2 aromatic rings. The van der Waals surface area contributed by atoms with Crippen LogP contribution in [0.4, 0.5) is 0 Å².